The van der Waals surface area contributed by atoms with E-state index in [-0.39, 0.29) is 11.0 Å². The summed E-state index contributed by atoms with van der Waals surface area (Å²) in [7, 11) is 0. The number of carbonyl (C=O) groups excluding carboxylic acids is 1. The molecule has 0 spiro atoms. The Morgan fingerprint density at radius 3 is 2.58 bits per heavy atom. The van der Waals surface area contributed by atoms with Crippen molar-refractivity contribution in [2.45, 2.75) is 6.18 Å². The van der Waals surface area contributed by atoms with Crippen molar-refractivity contribution in [2.24, 2.45) is 0 Å². The van der Waals surface area contributed by atoms with Gasteiger partial charge in [-0.15, -0.1) is 0 Å². The fourth-order valence-electron chi connectivity index (χ4n) is 2.69. The van der Waals surface area contributed by atoms with Gasteiger partial charge in [0.15, 0.2) is 23.1 Å². The molecule has 0 saturated heterocycles. The molecule has 160 valence electrons. The van der Waals surface area contributed by atoms with Crippen LogP contribution >= 0.6 is 15.9 Å². The maximum absolute atomic E-state index is 14.3. The summed E-state index contributed by atoms with van der Waals surface area (Å²) in [5.41, 5.74) is 0.581. The van der Waals surface area contributed by atoms with Gasteiger partial charge in [-0.25, -0.2) is 23.2 Å². The molecule has 0 saturated carbocycles. The van der Waals surface area contributed by atoms with Gasteiger partial charge in [0.25, 0.3) is 5.95 Å². The van der Waals surface area contributed by atoms with Crippen LogP contribution in [0.1, 0.15) is 0 Å². The molecule has 0 aliphatic heterocycles. The molecule has 4 aromatic rings. The number of aromatic nitrogens is 5. The number of hydrogen-bond acceptors (Lipinski definition) is 5. The van der Waals surface area contributed by atoms with Crippen LogP contribution in [-0.4, -0.2) is 36.6 Å². The second kappa shape index (κ2) is 7.37. The fraction of sp³-hybridized carbons (Fsp3) is 0.0588. The van der Waals surface area contributed by atoms with E-state index in [1.165, 1.54) is 30.7 Å². The van der Waals surface area contributed by atoms with E-state index < -0.39 is 40.0 Å². The van der Waals surface area contributed by atoms with Gasteiger partial charge in [-0.3, -0.25) is 0 Å². The monoisotopic (exact) mass is 505 g/mol. The number of rotatable bonds is 3. The molecule has 4 aromatic heterocycles. The van der Waals surface area contributed by atoms with Crippen molar-refractivity contribution in [2.75, 3.05) is 0 Å². The van der Waals surface area contributed by atoms with Crippen LogP contribution in [-0.2, 0) is 4.79 Å². The van der Waals surface area contributed by atoms with Crippen molar-refractivity contribution >= 4 is 32.9 Å². The van der Waals surface area contributed by atoms with Gasteiger partial charge in [0.1, 0.15) is 0 Å². The van der Waals surface area contributed by atoms with Crippen LogP contribution in [0.4, 0.5) is 26.3 Å². The van der Waals surface area contributed by atoms with E-state index in [1.807, 2.05) is 0 Å². The molecule has 4 heterocycles. The van der Waals surface area contributed by atoms with Crippen LogP contribution < -0.4 is 4.84 Å². The molecule has 0 atom stereocenters. The molecule has 0 unspecified atom stereocenters. The van der Waals surface area contributed by atoms with E-state index in [9.17, 15) is 31.1 Å². The van der Waals surface area contributed by atoms with Gasteiger partial charge in [-0.05, 0) is 33.6 Å². The largest absolute Gasteiger partial charge is 0.493 e. The standard InChI is InChI=1S/C17H6BrF6N5O2/c18-10-11(19)13(21)27-15(12(10)20)28-6-7(5-26-28)8-1-3-25-14-9(8)2-4-29(14)31-16(30)17(22,23)24/h1-6H. The summed E-state index contributed by atoms with van der Waals surface area (Å²) in [5, 5.41) is 4.15. The zero-order valence-corrected chi connectivity index (χ0v) is 16.2. The molecule has 0 aliphatic rings. The summed E-state index contributed by atoms with van der Waals surface area (Å²) < 4.78 is 79.3. The molecule has 31 heavy (non-hydrogen) atoms. The molecule has 14 heteroatoms. The van der Waals surface area contributed by atoms with Crippen LogP contribution in [0.25, 0.3) is 28.0 Å². The van der Waals surface area contributed by atoms with E-state index in [4.69, 9.17) is 0 Å². The van der Waals surface area contributed by atoms with Crippen molar-refractivity contribution in [1.29, 1.82) is 0 Å². The van der Waals surface area contributed by atoms with Gasteiger partial charge < -0.3 is 4.84 Å². The third-order valence-corrected chi connectivity index (χ3v) is 4.74. The summed E-state index contributed by atoms with van der Waals surface area (Å²) >= 11 is 2.59. The summed E-state index contributed by atoms with van der Waals surface area (Å²) in [6.07, 6.45) is -0.429. The molecule has 7 nitrogen and oxygen atoms in total. The molecule has 0 aromatic carbocycles. The van der Waals surface area contributed by atoms with Crippen molar-refractivity contribution in [3.63, 3.8) is 0 Å². The van der Waals surface area contributed by atoms with Gasteiger partial charge in [0.2, 0.25) is 0 Å². The van der Waals surface area contributed by atoms with Gasteiger partial charge >= 0.3 is 12.1 Å². The minimum atomic E-state index is -5.20. The lowest BCUT2D eigenvalue weighted by Gasteiger charge is -2.08. The van der Waals surface area contributed by atoms with Crippen LogP contribution in [0, 0.1) is 17.6 Å². The molecular formula is C17H6BrF6N5O2. The maximum atomic E-state index is 14.3. The van der Waals surface area contributed by atoms with E-state index in [0.717, 1.165) is 10.9 Å². The number of alkyl halides is 3. The number of hydrogen-bond donors (Lipinski definition) is 0. The maximum Gasteiger partial charge on any atom is 0.493 e. The Bertz CT molecular complexity index is 1330. The predicted molar refractivity (Wildman–Crippen MR) is 95.3 cm³/mol. The second-order valence-electron chi connectivity index (χ2n) is 5.96. The molecule has 0 N–H and O–H groups in total. The quantitative estimate of drug-likeness (QED) is 0.311. The number of carbonyl (C=O) groups is 1. The Labute approximate surface area is 176 Å². The third-order valence-electron chi connectivity index (χ3n) is 4.04. The van der Waals surface area contributed by atoms with Crippen molar-refractivity contribution in [3.8, 4) is 16.9 Å². The van der Waals surface area contributed by atoms with Crippen molar-refractivity contribution in [3.05, 3.63) is 59.0 Å². The lowest BCUT2D eigenvalue weighted by Crippen LogP contribution is -2.33. The van der Waals surface area contributed by atoms with Gasteiger partial charge in [0, 0.05) is 29.5 Å². The first kappa shape index (κ1) is 20.8. The van der Waals surface area contributed by atoms with E-state index in [0.29, 0.717) is 15.9 Å². The Morgan fingerprint density at radius 1 is 1.13 bits per heavy atom. The number of pyridine rings is 2. The predicted octanol–water partition coefficient (Wildman–Crippen LogP) is 3.98. The minimum Gasteiger partial charge on any atom is -0.326 e. The first-order chi connectivity index (χ1) is 14.6. The molecule has 0 fully saturated rings. The van der Waals surface area contributed by atoms with Gasteiger partial charge in [-0.1, -0.05) is 0 Å². The molecule has 4 rings (SSSR count). The summed E-state index contributed by atoms with van der Waals surface area (Å²) in [6, 6.07) is 2.82. The summed E-state index contributed by atoms with van der Waals surface area (Å²) in [4.78, 5) is 22.5. The average Bonchev–Trinajstić information content (AvgIpc) is 3.36. The number of halogens is 7. The Hall–Kier alpha value is -3.42. The smallest absolute Gasteiger partial charge is 0.326 e. The summed E-state index contributed by atoms with van der Waals surface area (Å²) in [5.74, 6) is -7.30. The van der Waals surface area contributed by atoms with E-state index in [1.54, 1.807) is 0 Å². The Balaban J connectivity index is 1.75. The molecule has 0 bridgehead atoms. The van der Waals surface area contributed by atoms with E-state index >= 15 is 0 Å². The highest BCUT2D eigenvalue weighted by Gasteiger charge is 2.42. The van der Waals surface area contributed by atoms with Crippen molar-refractivity contribution < 1.29 is 36.0 Å². The van der Waals surface area contributed by atoms with Crippen molar-refractivity contribution in [1.82, 2.24) is 24.5 Å². The Morgan fingerprint density at radius 2 is 1.87 bits per heavy atom. The van der Waals surface area contributed by atoms with Gasteiger partial charge in [0.05, 0.1) is 10.7 Å². The lowest BCUT2D eigenvalue weighted by atomic mass is 10.1. The highest BCUT2D eigenvalue weighted by Crippen LogP contribution is 2.30. The molecule has 0 radical (unpaired) electrons. The normalized spacial score (nSPS) is 11.8. The Kier molecular flexibility index (Phi) is 4.95. The lowest BCUT2D eigenvalue weighted by molar-refractivity contribution is -0.199. The third kappa shape index (κ3) is 3.62. The van der Waals surface area contributed by atoms with E-state index in [2.05, 4.69) is 35.8 Å². The first-order valence-corrected chi connectivity index (χ1v) is 8.88. The van der Waals surface area contributed by atoms with Crippen LogP contribution in [0.2, 0.25) is 0 Å². The van der Waals surface area contributed by atoms with Gasteiger partial charge in [-0.2, -0.15) is 32.4 Å². The topological polar surface area (TPSA) is 74.8 Å². The highest BCUT2D eigenvalue weighted by atomic mass is 79.9. The van der Waals surface area contributed by atoms with Crippen LogP contribution in [0.5, 0.6) is 0 Å². The fourth-order valence-corrected chi connectivity index (χ4v) is 3.03. The van der Waals surface area contributed by atoms with Crippen LogP contribution in [0.15, 0.2) is 41.4 Å². The first-order valence-electron chi connectivity index (χ1n) is 8.09. The second-order valence-corrected chi connectivity index (χ2v) is 6.75. The molecule has 0 amide bonds. The zero-order chi connectivity index (χ0) is 22.5. The molecular weight excluding hydrogens is 500 g/mol. The molecule has 0 aliphatic carbocycles. The minimum absolute atomic E-state index is 0.109. The average molecular weight is 506 g/mol. The summed E-state index contributed by atoms with van der Waals surface area (Å²) in [6.45, 7) is 0. The zero-order valence-electron chi connectivity index (χ0n) is 14.7. The number of nitrogens with zero attached hydrogens (tertiary/aromatic N) is 5. The number of fused-ring (bicyclic) bond motifs is 1. The SMILES string of the molecule is O=C(On1ccc2c(-c3cnn(-c4nc(F)c(F)c(Br)c4F)c3)ccnc21)C(F)(F)F. The van der Waals surface area contributed by atoms with Crippen LogP contribution in [0.3, 0.4) is 0 Å². The highest BCUT2D eigenvalue weighted by molar-refractivity contribution is 9.10.